The molecule has 1 saturated heterocycles. The van der Waals surface area contributed by atoms with Crippen LogP contribution in [0.25, 0.3) is 0 Å². The molecule has 2 aliphatic rings. The van der Waals surface area contributed by atoms with Gasteiger partial charge in [0.15, 0.2) is 0 Å². The van der Waals surface area contributed by atoms with E-state index in [0.717, 1.165) is 19.3 Å². The minimum absolute atomic E-state index is 0.165. The molecular formula is C13H17N3O3. The fourth-order valence-electron chi connectivity index (χ4n) is 3.47. The molecule has 6 nitrogen and oxygen atoms in total. The van der Waals surface area contributed by atoms with E-state index in [4.69, 9.17) is 4.74 Å². The summed E-state index contributed by atoms with van der Waals surface area (Å²) >= 11 is 0. The van der Waals surface area contributed by atoms with Gasteiger partial charge in [0.1, 0.15) is 11.7 Å². The van der Waals surface area contributed by atoms with Crippen molar-refractivity contribution < 1.29 is 14.3 Å². The Morgan fingerprint density at radius 3 is 3.00 bits per heavy atom. The van der Waals surface area contributed by atoms with Crippen LogP contribution in [-0.4, -0.2) is 46.7 Å². The summed E-state index contributed by atoms with van der Waals surface area (Å²) in [5, 5.41) is 6.45. The summed E-state index contributed by atoms with van der Waals surface area (Å²) < 4.78 is 4.88. The van der Waals surface area contributed by atoms with Crippen molar-refractivity contribution in [2.75, 3.05) is 13.7 Å². The van der Waals surface area contributed by atoms with Gasteiger partial charge in [-0.2, -0.15) is 5.10 Å². The highest BCUT2D eigenvalue weighted by molar-refractivity contribution is 5.95. The quantitative estimate of drug-likeness (QED) is 0.802. The van der Waals surface area contributed by atoms with E-state index in [1.54, 1.807) is 11.0 Å². The third-order valence-electron chi connectivity index (χ3n) is 4.33. The number of fused-ring (bicyclic) bond motifs is 1. The Kier molecular flexibility index (Phi) is 3.00. The fraction of sp³-hybridized carbons (Fsp3) is 0.615. The summed E-state index contributed by atoms with van der Waals surface area (Å²) in [6.07, 6.45) is 4.76. The van der Waals surface area contributed by atoms with E-state index in [9.17, 15) is 9.59 Å². The number of amides is 1. The minimum atomic E-state index is -0.437. The first-order valence-electron chi connectivity index (χ1n) is 6.60. The zero-order valence-corrected chi connectivity index (χ0v) is 10.8. The molecular weight excluding hydrogens is 246 g/mol. The summed E-state index contributed by atoms with van der Waals surface area (Å²) in [6, 6.07) is 1.19. The predicted octanol–water partition coefficient (Wildman–Crippen LogP) is 0.823. The van der Waals surface area contributed by atoms with Gasteiger partial charge < -0.3 is 9.64 Å². The normalized spacial score (nSPS) is 29.3. The lowest BCUT2D eigenvalue weighted by Crippen LogP contribution is -2.44. The molecule has 3 atom stereocenters. The van der Waals surface area contributed by atoms with E-state index in [0.29, 0.717) is 18.2 Å². The highest BCUT2D eigenvalue weighted by atomic mass is 16.5. The molecule has 1 aromatic rings. The molecule has 1 aliphatic carbocycles. The van der Waals surface area contributed by atoms with Gasteiger partial charge in [0.25, 0.3) is 5.91 Å². The Morgan fingerprint density at radius 1 is 1.47 bits per heavy atom. The lowest BCUT2D eigenvalue weighted by molar-refractivity contribution is -0.146. The lowest BCUT2D eigenvalue weighted by Gasteiger charge is -2.25. The third kappa shape index (κ3) is 1.91. The number of nitrogens with zero attached hydrogens (tertiary/aromatic N) is 2. The van der Waals surface area contributed by atoms with Gasteiger partial charge in [-0.15, -0.1) is 0 Å². The molecule has 0 unspecified atom stereocenters. The summed E-state index contributed by atoms with van der Waals surface area (Å²) in [5.74, 6) is 0.208. The molecule has 1 aliphatic heterocycles. The molecule has 19 heavy (non-hydrogen) atoms. The van der Waals surface area contributed by atoms with Gasteiger partial charge in [-0.05, 0) is 30.7 Å². The van der Waals surface area contributed by atoms with Crippen molar-refractivity contribution in [3.63, 3.8) is 0 Å². The SMILES string of the molecule is COC(=O)[C@@H]1[C@H]2CCC[C@@H]2CN1C(=O)c1ccn[nH]1. The number of hydrogen-bond acceptors (Lipinski definition) is 4. The number of carbonyl (C=O) groups excluding carboxylic acids is 2. The first kappa shape index (κ1) is 12.2. The van der Waals surface area contributed by atoms with Crippen molar-refractivity contribution in [3.8, 4) is 0 Å². The average molecular weight is 263 g/mol. The van der Waals surface area contributed by atoms with Crippen LogP contribution < -0.4 is 0 Å². The number of likely N-dealkylation sites (tertiary alicyclic amines) is 1. The average Bonchev–Trinajstić information content (AvgIpc) is 3.12. The van der Waals surface area contributed by atoms with Gasteiger partial charge in [-0.3, -0.25) is 9.89 Å². The van der Waals surface area contributed by atoms with Gasteiger partial charge in [0, 0.05) is 12.7 Å². The number of rotatable bonds is 2. The fourth-order valence-corrected chi connectivity index (χ4v) is 3.47. The highest BCUT2D eigenvalue weighted by Crippen LogP contribution is 2.42. The van der Waals surface area contributed by atoms with Gasteiger partial charge in [0.2, 0.25) is 0 Å². The molecule has 0 bridgehead atoms. The molecule has 0 aromatic carbocycles. The Morgan fingerprint density at radius 2 is 2.32 bits per heavy atom. The topological polar surface area (TPSA) is 75.3 Å². The standard InChI is InChI=1S/C13H17N3O3/c1-19-13(18)11-9-4-2-3-8(9)7-16(11)12(17)10-5-6-14-15-10/h5-6,8-9,11H,2-4,7H2,1H3,(H,14,15)/t8-,9+,11+/m1/s1. The molecule has 1 amide bonds. The number of ether oxygens (including phenoxy) is 1. The van der Waals surface area contributed by atoms with Crippen LogP contribution in [0, 0.1) is 11.8 Å². The summed E-state index contributed by atoms with van der Waals surface area (Å²) in [6.45, 7) is 0.641. The maximum absolute atomic E-state index is 12.4. The number of methoxy groups -OCH3 is 1. The van der Waals surface area contributed by atoms with Crippen LogP contribution in [0.3, 0.4) is 0 Å². The number of esters is 1. The number of H-pyrrole nitrogens is 1. The maximum Gasteiger partial charge on any atom is 0.328 e. The molecule has 1 N–H and O–H groups in total. The lowest BCUT2D eigenvalue weighted by atomic mass is 9.94. The number of aromatic amines is 1. The number of carbonyl (C=O) groups is 2. The van der Waals surface area contributed by atoms with E-state index in [2.05, 4.69) is 10.2 Å². The van der Waals surface area contributed by atoms with Crippen LogP contribution >= 0.6 is 0 Å². The Labute approximate surface area is 111 Å². The first-order chi connectivity index (χ1) is 9.22. The van der Waals surface area contributed by atoms with Crippen LogP contribution in [0.1, 0.15) is 29.8 Å². The van der Waals surface area contributed by atoms with E-state index >= 15 is 0 Å². The van der Waals surface area contributed by atoms with Crippen molar-refractivity contribution >= 4 is 11.9 Å². The second-order valence-corrected chi connectivity index (χ2v) is 5.25. The van der Waals surface area contributed by atoms with Crippen molar-refractivity contribution in [3.05, 3.63) is 18.0 Å². The number of nitrogens with one attached hydrogen (secondary N) is 1. The molecule has 6 heteroatoms. The van der Waals surface area contributed by atoms with Crippen LogP contribution in [0.5, 0.6) is 0 Å². The van der Waals surface area contributed by atoms with Crippen molar-refractivity contribution in [1.82, 2.24) is 15.1 Å². The molecule has 2 heterocycles. The van der Waals surface area contributed by atoms with E-state index in [1.165, 1.54) is 13.3 Å². The van der Waals surface area contributed by atoms with Gasteiger partial charge in [0.05, 0.1) is 7.11 Å². The number of aromatic nitrogens is 2. The Bertz CT molecular complexity index is 485. The van der Waals surface area contributed by atoms with Gasteiger partial charge in [-0.25, -0.2) is 4.79 Å². The predicted molar refractivity (Wildman–Crippen MR) is 66.3 cm³/mol. The molecule has 1 aromatic heterocycles. The number of hydrogen-bond donors (Lipinski definition) is 1. The summed E-state index contributed by atoms with van der Waals surface area (Å²) in [5.41, 5.74) is 0.425. The van der Waals surface area contributed by atoms with Gasteiger partial charge in [-0.1, -0.05) is 6.42 Å². The van der Waals surface area contributed by atoms with Crippen molar-refractivity contribution in [1.29, 1.82) is 0 Å². The third-order valence-corrected chi connectivity index (χ3v) is 4.33. The molecule has 1 saturated carbocycles. The molecule has 2 fully saturated rings. The van der Waals surface area contributed by atoms with Crippen LogP contribution in [0.4, 0.5) is 0 Å². The van der Waals surface area contributed by atoms with Gasteiger partial charge >= 0.3 is 5.97 Å². The zero-order valence-electron chi connectivity index (χ0n) is 10.8. The minimum Gasteiger partial charge on any atom is -0.467 e. The first-order valence-corrected chi connectivity index (χ1v) is 6.60. The summed E-state index contributed by atoms with van der Waals surface area (Å²) in [7, 11) is 1.38. The van der Waals surface area contributed by atoms with Crippen LogP contribution in [0.15, 0.2) is 12.3 Å². The largest absolute Gasteiger partial charge is 0.467 e. The monoisotopic (exact) mass is 263 g/mol. The van der Waals surface area contributed by atoms with Crippen molar-refractivity contribution in [2.24, 2.45) is 11.8 Å². The molecule has 0 radical (unpaired) electrons. The van der Waals surface area contributed by atoms with Crippen LogP contribution in [0.2, 0.25) is 0 Å². The second kappa shape index (κ2) is 4.68. The summed E-state index contributed by atoms with van der Waals surface area (Å²) in [4.78, 5) is 26.1. The smallest absolute Gasteiger partial charge is 0.328 e. The Hall–Kier alpha value is -1.85. The molecule has 102 valence electrons. The zero-order chi connectivity index (χ0) is 13.4. The van der Waals surface area contributed by atoms with E-state index < -0.39 is 6.04 Å². The van der Waals surface area contributed by atoms with E-state index in [1.807, 2.05) is 0 Å². The van der Waals surface area contributed by atoms with E-state index in [-0.39, 0.29) is 17.8 Å². The van der Waals surface area contributed by atoms with Crippen LogP contribution in [-0.2, 0) is 9.53 Å². The Balaban J connectivity index is 1.87. The maximum atomic E-state index is 12.4. The highest BCUT2D eigenvalue weighted by Gasteiger charge is 2.50. The molecule has 0 spiro atoms. The molecule has 3 rings (SSSR count). The van der Waals surface area contributed by atoms with Crippen molar-refractivity contribution in [2.45, 2.75) is 25.3 Å². The second-order valence-electron chi connectivity index (χ2n) is 5.25.